The van der Waals surface area contributed by atoms with E-state index in [9.17, 15) is 22.8 Å². The zero-order chi connectivity index (χ0) is 19.9. The van der Waals surface area contributed by atoms with Crippen LogP contribution in [0.3, 0.4) is 0 Å². The average Bonchev–Trinajstić information content (AvgIpc) is 3.29. The van der Waals surface area contributed by atoms with E-state index in [0.29, 0.717) is 22.7 Å². The van der Waals surface area contributed by atoms with Crippen LogP contribution in [0.5, 0.6) is 0 Å². The van der Waals surface area contributed by atoms with E-state index in [1.54, 1.807) is 19.9 Å². The predicted molar refractivity (Wildman–Crippen MR) is 92.7 cm³/mol. The van der Waals surface area contributed by atoms with E-state index in [1.807, 2.05) is 0 Å². The molecule has 1 fully saturated rings. The number of benzene rings is 1. The van der Waals surface area contributed by atoms with Crippen LogP contribution in [0.15, 0.2) is 24.3 Å². The number of carboxylic acids is 1. The maximum Gasteiger partial charge on any atom is 0.416 e. The molecule has 1 amide bonds. The van der Waals surface area contributed by atoms with Crippen molar-refractivity contribution in [3.8, 4) is 0 Å². The topological polar surface area (TPSA) is 79.3 Å². The molecule has 2 aromatic rings. The van der Waals surface area contributed by atoms with E-state index in [0.717, 1.165) is 23.5 Å². The zero-order valence-electron chi connectivity index (χ0n) is 14.5. The molecule has 1 saturated carbocycles. The Morgan fingerprint density at radius 3 is 2.67 bits per heavy atom. The van der Waals surface area contributed by atoms with Crippen molar-refractivity contribution in [3.05, 3.63) is 51.0 Å². The number of hydrogen-bond acceptors (Lipinski definition) is 4. The monoisotopic (exact) mass is 398 g/mol. The highest BCUT2D eigenvalue weighted by atomic mass is 32.1. The van der Waals surface area contributed by atoms with Crippen molar-refractivity contribution in [2.45, 2.75) is 38.4 Å². The van der Waals surface area contributed by atoms with Gasteiger partial charge in [-0.2, -0.15) is 13.2 Å². The largest absolute Gasteiger partial charge is 0.477 e. The van der Waals surface area contributed by atoms with E-state index in [-0.39, 0.29) is 16.7 Å². The summed E-state index contributed by atoms with van der Waals surface area (Å²) in [7, 11) is 0. The Hall–Kier alpha value is -2.42. The number of rotatable bonds is 5. The number of thiazole rings is 1. The van der Waals surface area contributed by atoms with Crippen molar-refractivity contribution in [2.24, 2.45) is 5.92 Å². The number of hydrogen-bond donors (Lipinski definition) is 2. The van der Waals surface area contributed by atoms with Gasteiger partial charge in [-0.1, -0.05) is 18.2 Å². The molecule has 0 saturated heterocycles. The summed E-state index contributed by atoms with van der Waals surface area (Å²) < 4.78 is 38.5. The third kappa shape index (κ3) is 4.13. The first kappa shape index (κ1) is 19.3. The minimum absolute atomic E-state index is 0.124. The number of carbonyl (C=O) groups excluding carboxylic acids is 1. The maximum atomic E-state index is 12.8. The van der Waals surface area contributed by atoms with Gasteiger partial charge in [0, 0.05) is 5.92 Å². The lowest BCUT2D eigenvalue weighted by molar-refractivity contribution is -0.137. The van der Waals surface area contributed by atoms with Crippen LogP contribution in [-0.2, 0) is 11.0 Å². The number of halogens is 3. The number of aromatic nitrogens is 1. The SMILES string of the molecule is Cc1nc(C(C)NC(=O)C2CC2c2cccc(C(F)(F)F)c2)sc1C(=O)O. The van der Waals surface area contributed by atoms with Gasteiger partial charge in [0.05, 0.1) is 17.3 Å². The molecule has 1 aliphatic carbocycles. The summed E-state index contributed by atoms with van der Waals surface area (Å²) in [6.45, 7) is 3.28. The highest BCUT2D eigenvalue weighted by Crippen LogP contribution is 2.48. The third-order valence-corrected chi connectivity index (χ3v) is 5.83. The summed E-state index contributed by atoms with van der Waals surface area (Å²) in [4.78, 5) is 27.8. The molecular formula is C18H17F3N2O3S. The summed E-state index contributed by atoms with van der Waals surface area (Å²) in [6, 6.07) is 4.57. The minimum Gasteiger partial charge on any atom is -0.477 e. The molecule has 27 heavy (non-hydrogen) atoms. The lowest BCUT2D eigenvalue weighted by Gasteiger charge is -2.12. The number of aryl methyl sites for hydroxylation is 1. The second-order valence-corrected chi connectivity index (χ2v) is 7.60. The molecule has 0 bridgehead atoms. The highest BCUT2D eigenvalue weighted by molar-refractivity contribution is 7.13. The Morgan fingerprint density at radius 2 is 2.07 bits per heavy atom. The van der Waals surface area contributed by atoms with Gasteiger partial charge in [0.1, 0.15) is 9.88 Å². The molecule has 0 aliphatic heterocycles. The Morgan fingerprint density at radius 1 is 1.37 bits per heavy atom. The molecule has 1 aliphatic rings. The Kier molecular flexibility index (Phi) is 4.98. The molecule has 9 heteroatoms. The molecule has 5 nitrogen and oxygen atoms in total. The molecule has 2 N–H and O–H groups in total. The van der Waals surface area contributed by atoms with Crippen LogP contribution in [0.1, 0.15) is 56.8 Å². The van der Waals surface area contributed by atoms with E-state index in [4.69, 9.17) is 5.11 Å². The van der Waals surface area contributed by atoms with Gasteiger partial charge in [0.2, 0.25) is 5.91 Å². The van der Waals surface area contributed by atoms with Crippen molar-refractivity contribution in [1.29, 1.82) is 0 Å². The van der Waals surface area contributed by atoms with Gasteiger partial charge >= 0.3 is 12.1 Å². The van der Waals surface area contributed by atoms with E-state index < -0.39 is 29.7 Å². The van der Waals surface area contributed by atoms with Crippen molar-refractivity contribution in [1.82, 2.24) is 10.3 Å². The fourth-order valence-electron chi connectivity index (χ4n) is 2.98. The average molecular weight is 398 g/mol. The van der Waals surface area contributed by atoms with Gasteiger partial charge < -0.3 is 10.4 Å². The lowest BCUT2D eigenvalue weighted by atomic mass is 10.1. The highest BCUT2D eigenvalue weighted by Gasteiger charge is 2.45. The van der Waals surface area contributed by atoms with Gasteiger partial charge in [-0.3, -0.25) is 4.79 Å². The van der Waals surface area contributed by atoms with Crippen LogP contribution in [0.4, 0.5) is 13.2 Å². The second-order valence-electron chi connectivity index (χ2n) is 6.57. The number of carbonyl (C=O) groups is 2. The molecule has 1 aromatic heterocycles. The van der Waals surface area contributed by atoms with E-state index in [1.165, 1.54) is 6.07 Å². The molecule has 0 spiro atoms. The molecule has 0 radical (unpaired) electrons. The maximum absolute atomic E-state index is 12.8. The predicted octanol–water partition coefficient (Wildman–Crippen LogP) is 4.15. The third-order valence-electron chi connectivity index (χ3n) is 4.51. The number of amides is 1. The first-order valence-corrected chi connectivity index (χ1v) is 9.07. The van der Waals surface area contributed by atoms with Crippen LogP contribution in [0.25, 0.3) is 0 Å². The summed E-state index contributed by atoms with van der Waals surface area (Å²) in [5.41, 5.74) is 0.159. The van der Waals surface area contributed by atoms with Crippen LogP contribution < -0.4 is 5.32 Å². The van der Waals surface area contributed by atoms with E-state index in [2.05, 4.69) is 10.3 Å². The normalized spacial score (nSPS) is 20.2. The number of aromatic carboxylic acids is 1. The Bertz CT molecular complexity index is 894. The molecule has 3 unspecified atom stereocenters. The molecule has 1 heterocycles. The van der Waals surface area contributed by atoms with Crippen molar-refractivity contribution < 1.29 is 27.9 Å². The quantitative estimate of drug-likeness (QED) is 0.793. The van der Waals surface area contributed by atoms with Gasteiger partial charge in [-0.05, 0) is 37.8 Å². The smallest absolute Gasteiger partial charge is 0.416 e. The van der Waals surface area contributed by atoms with Gasteiger partial charge in [0.15, 0.2) is 0 Å². The summed E-state index contributed by atoms with van der Waals surface area (Å²) in [5, 5.41) is 12.3. The molecular weight excluding hydrogens is 381 g/mol. The molecule has 1 aromatic carbocycles. The lowest BCUT2D eigenvalue weighted by Crippen LogP contribution is -2.28. The fourth-order valence-corrected chi connectivity index (χ4v) is 3.89. The minimum atomic E-state index is -4.41. The Balaban J connectivity index is 1.65. The van der Waals surface area contributed by atoms with Gasteiger partial charge in [-0.15, -0.1) is 11.3 Å². The van der Waals surface area contributed by atoms with Crippen LogP contribution in [0.2, 0.25) is 0 Å². The summed E-state index contributed by atoms with van der Waals surface area (Å²) >= 11 is 1.00. The number of alkyl halides is 3. The Labute approximate surface area is 157 Å². The standard InChI is InChI=1S/C18H17F3N2O3S/c1-8-14(17(25)26)27-16(23-8)9(2)22-15(24)13-7-12(13)10-4-3-5-11(6-10)18(19,20)21/h3-6,9,12-13H,7H2,1-2H3,(H,22,24)(H,25,26). The second kappa shape index (κ2) is 6.95. The zero-order valence-corrected chi connectivity index (χ0v) is 15.3. The van der Waals surface area contributed by atoms with Gasteiger partial charge in [-0.25, -0.2) is 9.78 Å². The van der Waals surface area contributed by atoms with Crippen molar-refractivity contribution in [2.75, 3.05) is 0 Å². The number of nitrogens with one attached hydrogen (secondary N) is 1. The molecule has 144 valence electrons. The number of nitrogens with zero attached hydrogens (tertiary/aromatic N) is 1. The molecule has 3 atom stereocenters. The van der Waals surface area contributed by atoms with Crippen LogP contribution in [-0.4, -0.2) is 22.0 Å². The van der Waals surface area contributed by atoms with Crippen LogP contribution >= 0.6 is 11.3 Å². The fraction of sp³-hybridized carbons (Fsp3) is 0.389. The summed E-state index contributed by atoms with van der Waals surface area (Å²) in [5.74, 6) is -1.97. The number of carboxylic acid groups (broad SMARTS) is 1. The van der Waals surface area contributed by atoms with Crippen LogP contribution in [0, 0.1) is 12.8 Å². The first-order chi connectivity index (χ1) is 12.6. The van der Waals surface area contributed by atoms with E-state index >= 15 is 0 Å². The van der Waals surface area contributed by atoms with Crippen molar-refractivity contribution in [3.63, 3.8) is 0 Å². The molecule has 3 rings (SSSR count). The first-order valence-electron chi connectivity index (χ1n) is 8.26. The van der Waals surface area contributed by atoms with Gasteiger partial charge in [0.25, 0.3) is 0 Å². The summed E-state index contributed by atoms with van der Waals surface area (Å²) in [6.07, 6.45) is -3.93. The van der Waals surface area contributed by atoms with Crippen molar-refractivity contribution >= 4 is 23.2 Å².